The van der Waals surface area contributed by atoms with Crippen molar-refractivity contribution in [3.05, 3.63) is 0 Å². The molecule has 0 aliphatic carbocycles. The number of hydrogen-bond acceptors (Lipinski definition) is 3. The normalized spacial score (nSPS) is 20.1. The Kier molecular flexibility index (Phi) is 5.70. The molecule has 0 aromatic rings. The molecule has 0 aromatic carbocycles. The molecule has 3 heteroatoms. The van der Waals surface area contributed by atoms with Gasteiger partial charge in [0.25, 0.3) is 0 Å². The fraction of sp³-hybridized carbons (Fsp3) is 0.833. The molecule has 1 saturated heterocycles. The first-order chi connectivity index (χ1) is 7.25. The maximum absolute atomic E-state index is 5.36. The molecule has 1 rings (SSSR count). The zero-order chi connectivity index (χ0) is 11.1. The van der Waals surface area contributed by atoms with Gasteiger partial charge in [-0.1, -0.05) is 5.92 Å². The number of likely N-dealkylation sites (N-methyl/N-ethyl adjacent to an activating group) is 1. The average Bonchev–Trinajstić information content (AvgIpc) is 2.29. The molecule has 1 unspecified atom stereocenters. The van der Waals surface area contributed by atoms with E-state index < -0.39 is 0 Å². The Morgan fingerprint density at radius 2 is 2.20 bits per heavy atom. The topological polar surface area (TPSA) is 24.5 Å². The molecular weight excluding hydrogens is 188 g/mol. The number of nitrogens with zero attached hydrogens (tertiary/aromatic N) is 1. The highest BCUT2D eigenvalue weighted by atomic mass is 16.5. The lowest BCUT2D eigenvalue weighted by atomic mass is 10.1. The number of rotatable bonds is 5. The molecule has 0 saturated carbocycles. The van der Waals surface area contributed by atoms with Gasteiger partial charge in [-0.2, -0.15) is 0 Å². The summed E-state index contributed by atoms with van der Waals surface area (Å²) in [5, 5.41) is 3.25. The van der Waals surface area contributed by atoms with Crippen LogP contribution in [0.3, 0.4) is 0 Å². The molecule has 1 fully saturated rings. The molecule has 1 heterocycles. The first-order valence-electron chi connectivity index (χ1n) is 5.69. The molecule has 0 radical (unpaired) electrons. The summed E-state index contributed by atoms with van der Waals surface area (Å²) in [5.41, 5.74) is 0. The lowest BCUT2D eigenvalue weighted by Crippen LogP contribution is -2.46. The van der Waals surface area contributed by atoms with Gasteiger partial charge >= 0.3 is 0 Å². The van der Waals surface area contributed by atoms with Gasteiger partial charge in [0, 0.05) is 31.8 Å². The Balaban J connectivity index is 2.24. The van der Waals surface area contributed by atoms with Crippen LogP contribution in [0.15, 0.2) is 0 Å². The molecular formula is C12H22N2O. The predicted molar refractivity (Wildman–Crippen MR) is 62.8 cm³/mol. The molecule has 15 heavy (non-hydrogen) atoms. The first kappa shape index (κ1) is 12.5. The van der Waals surface area contributed by atoms with Crippen LogP contribution in [0.2, 0.25) is 0 Å². The quantitative estimate of drug-likeness (QED) is 0.534. The molecule has 0 bridgehead atoms. The van der Waals surface area contributed by atoms with Crippen molar-refractivity contribution in [1.82, 2.24) is 10.2 Å². The fourth-order valence-corrected chi connectivity index (χ4v) is 1.95. The molecule has 0 amide bonds. The van der Waals surface area contributed by atoms with Gasteiger partial charge in [-0.25, -0.2) is 0 Å². The molecule has 3 nitrogen and oxygen atoms in total. The summed E-state index contributed by atoms with van der Waals surface area (Å²) in [7, 11) is 2.19. The zero-order valence-corrected chi connectivity index (χ0v) is 9.83. The van der Waals surface area contributed by atoms with Crippen LogP contribution < -0.4 is 5.32 Å². The Bertz CT molecular complexity index is 206. The van der Waals surface area contributed by atoms with Crippen LogP contribution in [0.5, 0.6) is 0 Å². The van der Waals surface area contributed by atoms with Crippen molar-refractivity contribution in [1.29, 1.82) is 0 Å². The third-order valence-corrected chi connectivity index (χ3v) is 3.13. The monoisotopic (exact) mass is 210 g/mol. The number of ether oxygens (including phenoxy) is 1. The van der Waals surface area contributed by atoms with E-state index in [-0.39, 0.29) is 0 Å². The second kappa shape index (κ2) is 6.84. The highest BCUT2D eigenvalue weighted by Gasteiger charge is 2.21. The van der Waals surface area contributed by atoms with Crippen molar-refractivity contribution in [3.63, 3.8) is 0 Å². The van der Waals surface area contributed by atoms with Gasteiger partial charge < -0.3 is 10.1 Å². The molecule has 0 aromatic heterocycles. The van der Waals surface area contributed by atoms with Gasteiger partial charge in [0.2, 0.25) is 0 Å². The lowest BCUT2D eigenvalue weighted by molar-refractivity contribution is 0.0313. The van der Waals surface area contributed by atoms with E-state index >= 15 is 0 Å². The minimum atomic E-state index is 0.529. The van der Waals surface area contributed by atoms with Crippen molar-refractivity contribution >= 4 is 0 Å². The summed E-state index contributed by atoms with van der Waals surface area (Å²) >= 11 is 0. The van der Waals surface area contributed by atoms with Crippen LogP contribution in [0.1, 0.15) is 19.8 Å². The summed E-state index contributed by atoms with van der Waals surface area (Å²) in [4.78, 5) is 2.44. The largest absolute Gasteiger partial charge is 0.381 e. The smallest absolute Gasteiger partial charge is 0.0574 e. The Morgan fingerprint density at radius 3 is 2.80 bits per heavy atom. The van der Waals surface area contributed by atoms with E-state index in [0.717, 1.165) is 32.6 Å². The van der Waals surface area contributed by atoms with Crippen LogP contribution >= 0.6 is 0 Å². The van der Waals surface area contributed by atoms with E-state index in [2.05, 4.69) is 30.1 Å². The number of terminal acetylenes is 1. The number of nitrogens with one attached hydrogen (secondary N) is 1. The summed E-state index contributed by atoms with van der Waals surface area (Å²) in [6.45, 7) is 5.65. The van der Waals surface area contributed by atoms with Crippen LogP contribution in [-0.2, 0) is 4.74 Å². The van der Waals surface area contributed by atoms with Gasteiger partial charge in [0.05, 0.1) is 6.54 Å². The lowest BCUT2D eigenvalue weighted by Gasteiger charge is -2.35. The molecule has 1 aliphatic heterocycles. The summed E-state index contributed by atoms with van der Waals surface area (Å²) in [6, 6.07) is 1.20. The average molecular weight is 210 g/mol. The van der Waals surface area contributed by atoms with Crippen molar-refractivity contribution in [2.24, 2.45) is 0 Å². The number of hydrogen-bond donors (Lipinski definition) is 1. The SMILES string of the molecule is C#CCNCC(C)N(C)C1CCOCC1. The molecule has 1 atom stereocenters. The zero-order valence-electron chi connectivity index (χ0n) is 9.83. The third kappa shape index (κ3) is 4.21. The molecule has 0 spiro atoms. The summed E-state index contributed by atoms with van der Waals surface area (Å²) < 4.78 is 5.36. The second-order valence-corrected chi connectivity index (χ2v) is 4.19. The molecule has 86 valence electrons. The highest BCUT2D eigenvalue weighted by molar-refractivity contribution is 4.87. The van der Waals surface area contributed by atoms with E-state index in [0.29, 0.717) is 18.6 Å². The van der Waals surface area contributed by atoms with Crippen LogP contribution in [0, 0.1) is 12.3 Å². The van der Waals surface area contributed by atoms with Gasteiger partial charge in [0.1, 0.15) is 0 Å². The third-order valence-electron chi connectivity index (χ3n) is 3.13. The first-order valence-corrected chi connectivity index (χ1v) is 5.69. The van der Waals surface area contributed by atoms with Crippen LogP contribution in [0.4, 0.5) is 0 Å². The Morgan fingerprint density at radius 1 is 1.53 bits per heavy atom. The van der Waals surface area contributed by atoms with E-state index in [1.807, 2.05) is 0 Å². The maximum atomic E-state index is 5.36. The fourth-order valence-electron chi connectivity index (χ4n) is 1.95. The standard InChI is InChI=1S/C12H22N2O/c1-4-7-13-10-11(2)14(3)12-5-8-15-9-6-12/h1,11-13H,5-10H2,2-3H3. The van der Waals surface area contributed by atoms with Crippen molar-refractivity contribution in [2.45, 2.75) is 31.8 Å². The Hall–Kier alpha value is -0.560. The van der Waals surface area contributed by atoms with Crippen LogP contribution in [-0.4, -0.2) is 50.3 Å². The molecule has 1 aliphatic rings. The van der Waals surface area contributed by atoms with E-state index in [9.17, 15) is 0 Å². The summed E-state index contributed by atoms with van der Waals surface area (Å²) in [6.07, 6.45) is 7.49. The van der Waals surface area contributed by atoms with Gasteiger partial charge in [-0.3, -0.25) is 4.90 Å². The van der Waals surface area contributed by atoms with Gasteiger partial charge in [0.15, 0.2) is 0 Å². The molecule has 1 N–H and O–H groups in total. The van der Waals surface area contributed by atoms with Gasteiger partial charge in [-0.05, 0) is 26.8 Å². The summed E-state index contributed by atoms with van der Waals surface area (Å²) in [5.74, 6) is 2.59. The minimum absolute atomic E-state index is 0.529. The van der Waals surface area contributed by atoms with E-state index in [1.165, 1.54) is 0 Å². The maximum Gasteiger partial charge on any atom is 0.0574 e. The van der Waals surface area contributed by atoms with Crippen LogP contribution in [0.25, 0.3) is 0 Å². The van der Waals surface area contributed by atoms with E-state index in [1.54, 1.807) is 0 Å². The van der Waals surface area contributed by atoms with Crippen molar-refractivity contribution in [2.75, 3.05) is 33.4 Å². The second-order valence-electron chi connectivity index (χ2n) is 4.19. The van der Waals surface area contributed by atoms with Gasteiger partial charge in [-0.15, -0.1) is 6.42 Å². The van der Waals surface area contributed by atoms with Crippen molar-refractivity contribution < 1.29 is 4.74 Å². The van der Waals surface area contributed by atoms with E-state index in [4.69, 9.17) is 11.2 Å². The highest BCUT2D eigenvalue weighted by Crippen LogP contribution is 2.14. The Labute approximate surface area is 93.2 Å². The minimum Gasteiger partial charge on any atom is -0.381 e. The van der Waals surface area contributed by atoms with Crippen molar-refractivity contribution in [3.8, 4) is 12.3 Å². The predicted octanol–water partition coefficient (Wildman–Crippen LogP) is 0.708.